The summed E-state index contributed by atoms with van der Waals surface area (Å²) in [7, 11) is 1.86. The molecule has 1 amide bonds. The van der Waals surface area contributed by atoms with Crippen LogP contribution in [-0.2, 0) is 18.2 Å². The van der Waals surface area contributed by atoms with E-state index in [1.165, 1.54) is 0 Å². The average molecular weight is 366 g/mol. The van der Waals surface area contributed by atoms with Gasteiger partial charge in [-0.15, -0.1) is 0 Å². The van der Waals surface area contributed by atoms with Crippen molar-refractivity contribution in [2.45, 2.75) is 38.6 Å². The summed E-state index contributed by atoms with van der Waals surface area (Å²) in [6, 6.07) is 9.09. The number of amides is 1. The molecule has 7 nitrogen and oxygen atoms in total. The van der Waals surface area contributed by atoms with Gasteiger partial charge in [-0.2, -0.15) is 10.4 Å². The number of carbonyl (C=O) groups is 1. The van der Waals surface area contributed by atoms with Crippen molar-refractivity contribution in [1.82, 2.24) is 14.7 Å². The number of aryl methyl sites for hydroxylation is 1. The summed E-state index contributed by atoms with van der Waals surface area (Å²) in [5.41, 5.74) is 3.12. The third kappa shape index (κ3) is 3.17. The van der Waals surface area contributed by atoms with Gasteiger partial charge < -0.3 is 14.4 Å². The predicted octanol–water partition coefficient (Wildman–Crippen LogP) is 2.22. The number of nitrogens with zero attached hydrogens (tertiary/aromatic N) is 4. The van der Waals surface area contributed by atoms with Crippen LogP contribution in [0.1, 0.15) is 47.3 Å². The molecule has 140 valence electrons. The van der Waals surface area contributed by atoms with Crippen molar-refractivity contribution in [2.24, 2.45) is 7.05 Å². The molecule has 2 aliphatic rings. The minimum absolute atomic E-state index is 0.0393. The molecule has 1 aromatic carbocycles. The number of carbonyl (C=O) groups excluding carboxylic acids is 1. The van der Waals surface area contributed by atoms with Gasteiger partial charge in [0.2, 0.25) is 0 Å². The third-order valence-electron chi connectivity index (χ3n) is 5.13. The van der Waals surface area contributed by atoms with Gasteiger partial charge in [-0.1, -0.05) is 0 Å². The standard InChI is InChI=1S/C20H22N4O3/c1-12-8-17-18(22-23(3)19(17)13(2)26-12)20(25)24-10-16(11-24)27-15-6-4-14(9-21)5-7-15/h4-7,12-13,16H,8,10-11H2,1-3H3/t12-,13+/m1/s1. The molecule has 2 aromatic rings. The maximum absolute atomic E-state index is 12.9. The first-order valence-electron chi connectivity index (χ1n) is 9.13. The Labute approximate surface area is 158 Å². The molecule has 1 aromatic heterocycles. The van der Waals surface area contributed by atoms with Crippen LogP contribution in [0.2, 0.25) is 0 Å². The van der Waals surface area contributed by atoms with E-state index in [9.17, 15) is 4.79 Å². The van der Waals surface area contributed by atoms with Crippen LogP contribution in [0.3, 0.4) is 0 Å². The molecule has 2 aliphatic heterocycles. The summed E-state index contributed by atoms with van der Waals surface area (Å²) in [6.45, 7) is 5.08. The van der Waals surface area contributed by atoms with Gasteiger partial charge in [-0.3, -0.25) is 9.48 Å². The van der Waals surface area contributed by atoms with E-state index in [-0.39, 0.29) is 24.2 Å². The minimum Gasteiger partial charge on any atom is -0.487 e. The Hall–Kier alpha value is -2.85. The highest BCUT2D eigenvalue weighted by Crippen LogP contribution is 2.32. The number of hydrogen-bond donors (Lipinski definition) is 0. The fourth-order valence-electron chi connectivity index (χ4n) is 3.84. The van der Waals surface area contributed by atoms with Gasteiger partial charge in [0, 0.05) is 19.0 Å². The number of benzene rings is 1. The zero-order valence-electron chi connectivity index (χ0n) is 15.7. The van der Waals surface area contributed by atoms with Gasteiger partial charge in [0.15, 0.2) is 5.69 Å². The quantitative estimate of drug-likeness (QED) is 0.832. The number of likely N-dealkylation sites (tertiary alicyclic amines) is 1. The predicted molar refractivity (Wildman–Crippen MR) is 97.4 cm³/mol. The number of fused-ring (bicyclic) bond motifs is 1. The van der Waals surface area contributed by atoms with Crippen LogP contribution in [0.4, 0.5) is 0 Å². The van der Waals surface area contributed by atoms with Crippen molar-refractivity contribution in [3.05, 3.63) is 46.8 Å². The number of rotatable bonds is 3. The lowest BCUT2D eigenvalue weighted by Crippen LogP contribution is -2.56. The summed E-state index contributed by atoms with van der Waals surface area (Å²) in [4.78, 5) is 14.7. The smallest absolute Gasteiger partial charge is 0.274 e. The molecule has 3 heterocycles. The maximum atomic E-state index is 12.9. The summed E-state index contributed by atoms with van der Waals surface area (Å²) in [5, 5.41) is 13.3. The molecule has 0 radical (unpaired) electrons. The van der Waals surface area contributed by atoms with E-state index in [0.29, 0.717) is 36.5 Å². The van der Waals surface area contributed by atoms with Crippen LogP contribution in [0.15, 0.2) is 24.3 Å². The molecule has 1 fully saturated rings. The van der Waals surface area contributed by atoms with Crippen LogP contribution in [-0.4, -0.2) is 45.9 Å². The fourth-order valence-corrected chi connectivity index (χ4v) is 3.84. The second-order valence-corrected chi connectivity index (χ2v) is 7.22. The molecule has 7 heteroatoms. The first-order valence-corrected chi connectivity index (χ1v) is 9.13. The van der Waals surface area contributed by atoms with Crippen LogP contribution in [0.25, 0.3) is 0 Å². The minimum atomic E-state index is -0.0633. The van der Waals surface area contributed by atoms with E-state index in [1.807, 2.05) is 20.9 Å². The highest BCUT2D eigenvalue weighted by molar-refractivity contribution is 5.94. The van der Waals surface area contributed by atoms with E-state index >= 15 is 0 Å². The van der Waals surface area contributed by atoms with E-state index in [1.54, 1.807) is 33.8 Å². The van der Waals surface area contributed by atoms with E-state index in [0.717, 1.165) is 11.3 Å². The normalized spacial score (nSPS) is 21.9. The Morgan fingerprint density at radius 3 is 2.67 bits per heavy atom. The first kappa shape index (κ1) is 17.6. The number of nitriles is 1. The molecule has 2 atom stereocenters. The number of ether oxygens (including phenoxy) is 2. The lowest BCUT2D eigenvalue weighted by Gasteiger charge is -2.38. The Kier molecular flexibility index (Phi) is 4.36. The molecular formula is C20H22N4O3. The Balaban J connectivity index is 1.42. The topological polar surface area (TPSA) is 80.4 Å². The largest absolute Gasteiger partial charge is 0.487 e. The van der Waals surface area contributed by atoms with Gasteiger partial charge in [0.1, 0.15) is 11.9 Å². The highest BCUT2D eigenvalue weighted by Gasteiger charge is 2.38. The SMILES string of the molecule is C[C@@H]1Cc2c(C(=O)N3CC(Oc4ccc(C#N)cc4)C3)nn(C)c2[C@H](C)O1. The maximum Gasteiger partial charge on any atom is 0.274 e. The van der Waals surface area contributed by atoms with Crippen LogP contribution < -0.4 is 4.74 Å². The molecule has 27 heavy (non-hydrogen) atoms. The van der Waals surface area contributed by atoms with E-state index < -0.39 is 0 Å². The second-order valence-electron chi connectivity index (χ2n) is 7.22. The molecule has 0 N–H and O–H groups in total. The Bertz CT molecular complexity index is 907. The van der Waals surface area contributed by atoms with Crippen LogP contribution in [0, 0.1) is 11.3 Å². The van der Waals surface area contributed by atoms with Gasteiger partial charge in [-0.05, 0) is 38.1 Å². The number of hydrogen-bond acceptors (Lipinski definition) is 5. The second kappa shape index (κ2) is 6.71. The zero-order chi connectivity index (χ0) is 19.1. The van der Waals surface area contributed by atoms with E-state index in [2.05, 4.69) is 11.2 Å². The molecule has 0 saturated carbocycles. The van der Waals surface area contributed by atoms with Gasteiger partial charge in [0.05, 0.1) is 42.6 Å². The molecule has 0 aliphatic carbocycles. The van der Waals surface area contributed by atoms with Crippen molar-refractivity contribution >= 4 is 5.91 Å². The molecule has 4 rings (SSSR count). The zero-order valence-corrected chi connectivity index (χ0v) is 15.7. The lowest BCUT2D eigenvalue weighted by molar-refractivity contribution is -0.00927. The summed E-state index contributed by atoms with van der Waals surface area (Å²) < 4.78 is 13.5. The van der Waals surface area contributed by atoms with E-state index in [4.69, 9.17) is 14.7 Å². The average Bonchev–Trinajstić information content (AvgIpc) is 2.94. The fraction of sp³-hybridized carbons (Fsp3) is 0.450. The van der Waals surface area contributed by atoms with Crippen LogP contribution in [0.5, 0.6) is 5.75 Å². The molecule has 0 spiro atoms. The summed E-state index contributed by atoms with van der Waals surface area (Å²) in [5.74, 6) is 0.661. The van der Waals surface area contributed by atoms with Crippen molar-refractivity contribution < 1.29 is 14.3 Å². The summed E-state index contributed by atoms with van der Waals surface area (Å²) in [6.07, 6.45) is 0.675. The monoisotopic (exact) mass is 366 g/mol. The van der Waals surface area contributed by atoms with Crippen molar-refractivity contribution in [3.63, 3.8) is 0 Å². The Morgan fingerprint density at radius 1 is 1.30 bits per heavy atom. The molecule has 0 bridgehead atoms. The third-order valence-corrected chi connectivity index (χ3v) is 5.13. The van der Waals surface area contributed by atoms with Gasteiger partial charge in [-0.25, -0.2) is 0 Å². The van der Waals surface area contributed by atoms with Gasteiger partial charge >= 0.3 is 0 Å². The van der Waals surface area contributed by atoms with Crippen molar-refractivity contribution in [3.8, 4) is 11.8 Å². The lowest BCUT2D eigenvalue weighted by atomic mass is 9.98. The molecule has 1 saturated heterocycles. The van der Waals surface area contributed by atoms with Crippen molar-refractivity contribution in [2.75, 3.05) is 13.1 Å². The van der Waals surface area contributed by atoms with Crippen LogP contribution >= 0.6 is 0 Å². The summed E-state index contributed by atoms with van der Waals surface area (Å²) >= 11 is 0. The molecule has 0 unspecified atom stereocenters. The van der Waals surface area contributed by atoms with Gasteiger partial charge in [0.25, 0.3) is 5.91 Å². The Morgan fingerprint density at radius 2 is 2.00 bits per heavy atom. The first-order chi connectivity index (χ1) is 13.0. The highest BCUT2D eigenvalue weighted by atomic mass is 16.5. The number of aromatic nitrogens is 2. The molecular weight excluding hydrogens is 344 g/mol. The van der Waals surface area contributed by atoms with Crippen molar-refractivity contribution in [1.29, 1.82) is 5.26 Å².